The predicted octanol–water partition coefficient (Wildman–Crippen LogP) is 2.25. The molecule has 0 aliphatic carbocycles. The number of hydrogen-bond acceptors (Lipinski definition) is 4. The average molecular weight is 451 g/mol. The zero-order valence-electron chi connectivity index (χ0n) is 13.8. The van der Waals surface area contributed by atoms with Gasteiger partial charge in [0.25, 0.3) is 10.0 Å². The summed E-state index contributed by atoms with van der Waals surface area (Å²) in [4.78, 5) is 11.7. The molecule has 3 rings (SSSR count). The molecule has 0 fully saturated rings. The average Bonchev–Trinajstić information content (AvgIpc) is 3.06. The molecule has 140 valence electrons. The second kappa shape index (κ2) is 7.05. The van der Waals surface area contributed by atoms with Gasteiger partial charge in [-0.25, -0.2) is 17.2 Å². The van der Waals surface area contributed by atoms with Gasteiger partial charge in [0.2, 0.25) is 0 Å². The van der Waals surface area contributed by atoms with E-state index in [1.54, 1.807) is 24.3 Å². The maximum atomic E-state index is 12.9. The van der Waals surface area contributed by atoms with Gasteiger partial charge < -0.3 is 16.2 Å². The molecule has 1 heterocycles. The van der Waals surface area contributed by atoms with Crippen molar-refractivity contribution in [3.8, 4) is 0 Å². The van der Waals surface area contributed by atoms with Crippen molar-refractivity contribution in [3.05, 3.63) is 64.8 Å². The lowest BCUT2D eigenvalue weighted by molar-refractivity contribution is -0.139. The summed E-state index contributed by atoms with van der Waals surface area (Å²) in [5.41, 5.74) is 5.98. The van der Waals surface area contributed by atoms with Gasteiger partial charge in [-0.2, -0.15) is 0 Å². The van der Waals surface area contributed by atoms with Crippen molar-refractivity contribution in [2.24, 2.45) is 5.73 Å². The first-order valence-electron chi connectivity index (χ1n) is 7.67. The number of hydrogen-bond donors (Lipinski definition) is 4. The summed E-state index contributed by atoms with van der Waals surface area (Å²) in [5, 5.41) is 19.6. The molecule has 0 saturated heterocycles. The maximum Gasteiger partial charge on any atom is 0.330 e. The molecule has 0 spiro atoms. The van der Waals surface area contributed by atoms with Crippen LogP contribution < -0.4 is 11.1 Å². The minimum absolute atomic E-state index is 0.143. The van der Waals surface area contributed by atoms with E-state index < -0.39 is 28.0 Å². The molecule has 27 heavy (non-hydrogen) atoms. The fraction of sp³-hybridized carbons (Fsp3) is 0.0588. The summed E-state index contributed by atoms with van der Waals surface area (Å²) in [6.45, 7) is 0. The van der Waals surface area contributed by atoms with E-state index >= 15 is 0 Å². The number of aliphatic carboxylic acids is 1. The third-order valence-electron chi connectivity index (χ3n) is 3.96. The van der Waals surface area contributed by atoms with E-state index in [1.807, 2.05) is 0 Å². The molecule has 0 saturated carbocycles. The van der Waals surface area contributed by atoms with E-state index in [-0.39, 0.29) is 4.90 Å². The van der Waals surface area contributed by atoms with Crippen LogP contribution in [0.2, 0.25) is 0 Å². The summed E-state index contributed by atoms with van der Waals surface area (Å²) in [5.74, 6) is -1.71. The summed E-state index contributed by atoms with van der Waals surface area (Å²) in [6.07, 6.45) is 1.41. The first-order valence-corrected chi connectivity index (χ1v) is 9.90. The first kappa shape index (κ1) is 18.9. The van der Waals surface area contributed by atoms with Gasteiger partial charge in [0.1, 0.15) is 0 Å². The highest BCUT2D eigenvalue weighted by molar-refractivity contribution is 9.10. The molecule has 1 atom stereocenters. The minimum atomic E-state index is -3.80. The van der Waals surface area contributed by atoms with Crippen molar-refractivity contribution < 1.29 is 18.3 Å². The first-order chi connectivity index (χ1) is 12.7. The van der Waals surface area contributed by atoms with Gasteiger partial charge >= 0.3 is 5.97 Å². The van der Waals surface area contributed by atoms with Crippen LogP contribution in [0.1, 0.15) is 11.6 Å². The van der Waals surface area contributed by atoms with Crippen LogP contribution in [0.15, 0.2) is 64.1 Å². The Labute approximate surface area is 163 Å². The largest absolute Gasteiger partial charge is 0.479 e. The van der Waals surface area contributed by atoms with Crippen molar-refractivity contribution in [2.45, 2.75) is 10.9 Å². The molecule has 0 bridgehead atoms. The van der Waals surface area contributed by atoms with Crippen LogP contribution in [0.5, 0.6) is 0 Å². The number of rotatable bonds is 5. The molecule has 0 radical (unpaired) electrons. The van der Waals surface area contributed by atoms with E-state index in [4.69, 9.17) is 11.1 Å². The fourth-order valence-corrected chi connectivity index (χ4v) is 4.80. The number of carboxylic acids is 1. The highest BCUT2D eigenvalue weighted by Crippen LogP contribution is 2.33. The minimum Gasteiger partial charge on any atom is -0.479 e. The number of carbonyl (C=O) groups is 1. The fourth-order valence-electron chi connectivity index (χ4n) is 2.74. The lowest BCUT2D eigenvalue weighted by atomic mass is 10.1. The smallest absolute Gasteiger partial charge is 0.330 e. The molecule has 2 aromatic carbocycles. The summed E-state index contributed by atoms with van der Waals surface area (Å²) in [6, 6.07) is 11.3. The number of benzene rings is 2. The van der Waals surface area contributed by atoms with Crippen molar-refractivity contribution >= 4 is 48.8 Å². The van der Waals surface area contributed by atoms with Crippen LogP contribution in [-0.2, 0) is 14.8 Å². The number of fused-ring (bicyclic) bond motifs is 1. The van der Waals surface area contributed by atoms with Gasteiger partial charge in [0.15, 0.2) is 12.0 Å². The number of guanidine groups is 1. The Morgan fingerprint density at radius 2 is 1.85 bits per heavy atom. The van der Waals surface area contributed by atoms with Gasteiger partial charge in [-0.15, -0.1) is 0 Å². The SMILES string of the molecule is N=C(N)NC(C(=O)O)c1ccc2c(ccn2S(=O)(=O)c2ccccc2)c1Br. The molecule has 8 nitrogen and oxygen atoms in total. The molecule has 1 unspecified atom stereocenters. The van der Waals surface area contributed by atoms with Crippen LogP contribution in [0.3, 0.4) is 0 Å². The van der Waals surface area contributed by atoms with Gasteiger partial charge in [0, 0.05) is 21.6 Å². The highest BCUT2D eigenvalue weighted by atomic mass is 79.9. The Morgan fingerprint density at radius 3 is 2.44 bits per heavy atom. The second-order valence-corrected chi connectivity index (χ2v) is 8.27. The second-order valence-electron chi connectivity index (χ2n) is 5.66. The monoisotopic (exact) mass is 450 g/mol. The molecule has 0 aliphatic heterocycles. The third kappa shape index (κ3) is 3.40. The van der Waals surface area contributed by atoms with E-state index in [1.165, 1.54) is 30.5 Å². The van der Waals surface area contributed by atoms with Crippen LogP contribution in [-0.4, -0.2) is 29.4 Å². The van der Waals surface area contributed by atoms with Crippen LogP contribution >= 0.6 is 15.9 Å². The maximum absolute atomic E-state index is 12.9. The lowest BCUT2D eigenvalue weighted by Crippen LogP contribution is -2.38. The van der Waals surface area contributed by atoms with Gasteiger partial charge in [0.05, 0.1) is 10.4 Å². The molecule has 3 aromatic rings. The van der Waals surface area contributed by atoms with E-state index in [0.29, 0.717) is 20.9 Å². The number of aromatic nitrogens is 1. The molecule has 10 heteroatoms. The molecule has 0 amide bonds. The number of carboxylic acid groups (broad SMARTS) is 1. The van der Waals surface area contributed by atoms with Crippen molar-refractivity contribution in [1.29, 1.82) is 5.41 Å². The Morgan fingerprint density at radius 1 is 1.19 bits per heavy atom. The number of halogens is 1. The third-order valence-corrected chi connectivity index (χ3v) is 6.55. The molecular weight excluding hydrogens is 436 g/mol. The van der Waals surface area contributed by atoms with E-state index in [0.717, 1.165) is 3.97 Å². The topological polar surface area (TPSA) is 138 Å². The predicted molar refractivity (Wildman–Crippen MR) is 104 cm³/mol. The van der Waals surface area contributed by atoms with E-state index in [2.05, 4.69) is 21.2 Å². The summed E-state index contributed by atoms with van der Waals surface area (Å²) >= 11 is 3.35. The number of nitrogens with zero attached hydrogens (tertiary/aromatic N) is 1. The standard InChI is InChI=1S/C17H15BrN4O4S/c18-14-11-8-9-22(27(25,26)10-4-2-1-3-5-10)13(11)7-6-12(14)15(16(23)24)21-17(19)20/h1-9,15H,(H,23,24)(H4,19,20,21). The number of nitrogens with two attached hydrogens (primary N) is 1. The summed E-state index contributed by atoms with van der Waals surface area (Å²) < 4.78 is 27.3. The normalized spacial score (nSPS) is 12.6. The Balaban J connectivity index is 2.16. The zero-order chi connectivity index (χ0) is 19.8. The van der Waals surface area contributed by atoms with Gasteiger partial charge in [-0.1, -0.05) is 24.3 Å². The Kier molecular flexibility index (Phi) is 4.94. The van der Waals surface area contributed by atoms with Gasteiger partial charge in [-0.3, -0.25) is 5.41 Å². The number of nitrogens with one attached hydrogen (secondary N) is 2. The summed E-state index contributed by atoms with van der Waals surface area (Å²) in [7, 11) is -3.80. The Hall–Kier alpha value is -2.85. The zero-order valence-corrected chi connectivity index (χ0v) is 16.2. The van der Waals surface area contributed by atoms with Crippen molar-refractivity contribution in [1.82, 2.24) is 9.29 Å². The van der Waals surface area contributed by atoms with Crippen molar-refractivity contribution in [3.63, 3.8) is 0 Å². The molecule has 0 aliphatic rings. The van der Waals surface area contributed by atoms with Crippen LogP contribution in [0.4, 0.5) is 0 Å². The lowest BCUT2D eigenvalue weighted by Gasteiger charge is -2.17. The highest BCUT2D eigenvalue weighted by Gasteiger charge is 2.26. The molecule has 5 N–H and O–H groups in total. The Bertz CT molecular complexity index is 1140. The van der Waals surface area contributed by atoms with Crippen LogP contribution in [0, 0.1) is 5.41 Å². The quantitative estimate of drug-likeness (QED) is 0.347. The molecule has 1 aromatic heterocycles. The van der Waals surface area contributed by atoms with Gasteiger partial charge in [-0.05, 0) is 40.2 Å². The van der Waals surface area contributed by atoms with E-state index in [9.17, 15) is 18.3 Å². The van der Waals surface area contributed by atoms with Crippen LogP contribution in [0.25, 0.3) is 10.9 Å². The molecular formula is C17H15BrN4O4S. The van der Waals surface area contributed by atoms with Crippen molar-refractivity contribution in [2.75, 3.05) is 0 Å².